The average molecular weight is 454 g/mol. The Kier molecular flexibility index (Phi) is 6.85. The smallest absolute Gasteiger partial charge is 0.189 e. The molecule has 1 aliphatic rings. The molecule has 4 N–H and O–H groups in total. The van der Waals surface area contributed by atoms with Gasteiger partial charge in [0.25, 0.3) is 0 Å². The van der Waals surface area contributed by atoms with Gasteiger partial charge in [-0.05, 0) is 36.7 Å². The first kappa shape index (κ1) is 22.7. The number of Topliss-reactive ketones (excluding diaryl/α,β-unsaturated/α-hetero) is 1. The Morgan fingerprint density at radius 3 is 2.58 bits per heavy atom. The standard InChI is InChI=1S/C23H24F2N6O2/c24-16-9-14(1-3-26)10-17(25)21(16)18-13-29-23(27)22(30-18)20(32)11-15-12-28-4-2-19(15)31-5-7-33-8-6-31/h2,4,9-10,12-13H,1,3,5-8,11,26H2,(H2,27,29). The van der Waals surface area contributed by atoms with Crippen LogP contribution in [0.25, 0.3) is 11.3 Å². The highest BCUT2D eigenvalue weighted by molar-refractivity contribution is 6.00. The normalized spacial score (nSPS) is 13.8. The fourth-order valence-corrected chi connectivity index (χ4v) is 3.83. The van der Waals surface area contributed by atoms with Gasteiger partial charge in [-0.3, -0.25) is 9.78 Å². The van der Waals surface area contributed by atoms with Crippen molar-refractivity contribution in [1.82, 2.24) is 15.0 Å². The van der Waals surface area contributed by atoms with Crippen molar-refractivity contribution in [2.45, 2.75) is 12.8 Å². The molecule has 0 radical (unpaired) electrons. The van der Waals surface area contributed by atoms with Crippen molar-refractivity contribution < 1.29 is 18.3 Å². The van der Waals surface area contributed by atoms with E-state index in [1.165, 1.54) is 12.1 Å². The first-order valence-corrected chi connectivity index (χ1v) is 10.6. The molecule has 1 aromatic carbocycles. The number of ether oxygens (including phenoxy) is 1. The summed E-state index contributed by atoms with van der Waals surface area (Å²) in [5.74, 6) is -2.15. The number of hydrogen-bond donors (Lipinski definition) is 2. The van der Waals surface area contributed by atoms with Crippen LogP contribution in [0.2, 0.25) is 0 Å². The second-order valence-corrected chi connectivity index (χ2v) is 7.67. The Morgan fingerprint density at radius 1 is 1.15 bits per heavy atom. The largest absolute Gasteiger partial charge is 0.382 e. The fraction of sp³-hybridized carbons (Fsp3) is 0.304. The van der Waals surface area contributed by atoms with E-state index in [1.807, 2.05) is 6.07 Å². The van der Waals surface area contributed by atoms with Crippen LogP contribution in [0.4, 0.5) is 20.3 Å². The van der Waals surface area contributed by atoms with Gasteiger partial charge >= 0.3 is 0 Å². The number of morpholine rings is 1. The molecule has 3 aromatic rings. The lowest BCUT2D eigenvalue weighted by Crippen LogP contribution is -2.37. The van der Waals surface area contributed by atoms with Crippen molar-refractivity contribution in [1.29, 1.82) is 0 Å². The first-order chi connectivity index (χ1) is 16.0. The number of nitrogens with zero attached hydrogens (tertiary/aromatic N) is 4. The lowest BCUT2D eigenvalue weighted by molar-refractivity contribution is 0.0988. The maximum atomic E-state index is 14.7. The molecule has 8 nitrogen and oxygen atoms in total. The molecule has 1 saturated heterocycles. The second-order valence-electron chi connectivity index (χ2n) is 7.67. The number of anilines is 2. The van der Waals surface area contributed by atoms with E-state index >= 15 is 0 Å². The summed E-state index contributed by atoms with van der Waals surface area (Å²) < 4.78 is 34.7. The van der Waals surface area contributed by atoms with E-state index in [0.717, 1.165) is 11.9 Å². The van der Waals surface area contributed by atoms with Crippen molar-refractivity contribution in [2.75, 3.05) is 43.5 Å². The third-order valence-corrected chi connectivity index (χ3v) is 5.44. The molecule has 1 fully saturated rings. The van der Waals surface area contributed by atoms with Gasteiger partial charge in [0.1, 0.15) is 17.3 Å². The summed E-state index contributed by atoms with van der Waals surface area (Å²) in [5, 5.41) is 0. The van der Waals surface area contributed by atoms with Crippen molar-refractivity contribution in [3.05, 3.63) is 65.2 Å². The SMILES string of the molecule is NCCc1cc(F)c(-c2cnc(N)c(C(=O)Cc3cnccc3N3CCOCC3)n2)c(F)c1. The summed E-state index contributed by atoms with van der Waals surface area (Å²) >= 11 is 0. The van der Waals surface area contributed by atoms with Crippen LogP contribution in [-0.2, 0) is 17.6 Å². The molecular weight excluding hydrogens is 430 g/mol. The van der Waals surface area contributed by atoms with E-state index < -0.39 is 17.4 Å². The summed E-state index contributed by atoms with van der Waals surface area (Å²) in [6.45, 7) is 2.84. The van der Waals surface area contributed by atoms with E-state index in [1.54, 1.807) is 12.4 Å². The minimum atomic E-state index is -0.808. The number of carbonyl (C=O) groups excluding carboxylic acids is 1. The lowest BCUT2D eigenvalue weighted by Gasteiger charge is -2.30. The number of rotatable bonds is 7. The number of halogens is 2. The van der Waals surface area contributed by atoms with Gasteiger partial charge in [-0.1, -0.05) is 0 Å². The van der Waals surface area contributed by atoms with Crippen LogP contribution < -0.4 is 16.4 Å². The number of aromatic nitrogens is 3. The van der Waals surface area contributed by atoms with Crippen molar-refractivity contribution in [3.63, 3.8) is 0 Å². The molecule has 0 atom stereocenters. The minimum Gasteiger partial charge on any atom is -0.382 e. The van der Waals surface area contributed by atoms with Gasteiger partial charge in [0.05, 0.1) is 30.7 Å². The molecule has 1 aliphatic heterocycles. The van der Waals surface area contributed by atoms with E-state index in [4.69, 9.17) is 16.2 Å². The summed E-state index contributed by atoms with van der Waals surface area (Å²) in [6.07, 6.45) is 4.73. The summed E-state index contributed by atoms with van der Waals surface area (Å²) in [7, 11) is 0. The van der Waals surface area contributed by atoms with Crippen molar-refractivity contribution >= 4 is 17.3 Å². The van der Waals surface area contributed by atoms with Crippen LogP contribution in [0.3, 0.4) is 0 Å². The van der Waals surface area contributed by atoms with E-state index in [0.29, 0.717) is 43.9 Å². The van der Waals surface area contributed by atoms with Crippen molar-refractivity contribution in [2.24, 2.45) is 5.73 Å². The Bertz CT molecular complexity index is 1140. The van der Waals surface area contributed by atoms with Gasteiger partial charge in [0.15, 0.2) is 11.6 Å². The molecule has 2 aromatic heterocycles. The van der Waals surface area contributed by atoms with E-state index in [9.17, 15) is 13.6 Å². The zero-order chi connectivity index (χ0) is 23.4. The maximum Gasteiger partial charge on any atom is 0.189 e. The molecule has 3 heterocycles. The molecule has 0 bridgehead atoms. The summed E-state index contributed by atoms with van der Waals surface area (Å²) in [5.41, 5.74) is 12.8. The Morgan fingerprint density at radius 2 is 1.88 bits per heavy atom. The monoisotopic (exact) mass is 454 g/mol. The van der Waals surface area contributed by atoms with Crippen LogP contribution in [0, 0.1) is 11.6 Å². The molecule has 0 aliphatic carbocycles. The molecule has 172 valence electrons. The average Bonchev–Trinajstić information content (AvgIpc) is 2.81. The fourth-order valence-electron chi connectivity index (χ4n) is 3.83. The van der Waals surface area contributed by atoms with E-state index in [2.05, 4.69) is 19.9 Å². The predicted molar refractivity (Wildman–Crippen MR) is 120 cm³/mol. The van der Waals surface area contributed by atoms with Crippen LogP contribution in [0.1, 0.15) is 21.6 Å². The van der Waals surface area contributed by atoms with Crippen LogP contribution >= 0.6 is 0 Å². The second kappa shape index (κ2) is 9.97. The van der Waals surface area contributed by atoms with Crippen molar-refractivity contribution in [3.8, 4) is 11.3 Å². The van der Waals surface area contributed by atoms with Crippen LogP contribution in [0.5, 0.6) is 0 Å². The molecule has 0 amide bonds. The van der Waals surface area contributed by atoms with Crippen LogP contribution in [-0.4, -0.2) is 53.6 Å². The highest BCUT2D eigenvalue weighted by atomic mass is 19.1. The van der Waals surface area contributed by atoms with Gasteiger partial charge < -0.3 is 21.1 Å². The highest BCUT2D eigenvalue weighted by Crippen LogP contribution is 2.28. The molecule has 0 spiro atoms. The van der Waals surface area contributed by atoms with Gasteiger partial charge in [-0.25, -0.2) is 18.7 Å². The molecular formula is C23H24F2N6O2. The number of pyridine rings is 1. The van der Waals surface area contributed by atoms with Gasteiger partial charge in [-0.15, -0.1) is 0 Å². The number of hydrogen-bond acceptors (Lipinski definition) is 8. The topological polar surface area (TPSA) is 120 Å². The van der Waals surface area contributed by atoms with Gasteiger partial charge in [0, 0.05) is 43.2 Å². The quantitative estimate of drug-likeness (QED) is 0.521. The molecule has 0 saturated carbocycles. The number of nitrogens with two attached hydrogens (primary N) is 2. The molecule has 4 rings (SSSR count). The number of carbonyl (C=O) groups is 1. The summed E-state index contributed by atoms with van der Waals surface area (Å²) in [4.78, 5) is 27.5. The lowest BCUT2D eigenvalue weighted by atomic mass is 10.0. The predicted octanol–water partition coefficient (Wildman–Crippen LogP) is 2.16. The molecule has 10 heteroatoms. The highest BCUT2D eigenvalue weighted by Gasteiger charge is 2.22. The van der Waals surface area contributed by atoms with Gasteiger partial charge in [-0.2, -0.15) is 0 Å². The zero-order valence-electron chi connectivity index (χ0n) is 17.9. The Labute approximate surface area is 189 Å². The van der Waals surface area contributed by atoms with Gasteiger partial charge in [0.2, 0.25) is 0 Å². The number of ketones is 1. The minimum absolute atomic E-state index is 0.0384. The Hall–Kier alpha value is -3.50. The molecule has 33 heavy (non-hydrogen) atoms. The third kappa shape index (κ3) is 4.96. The maximum absolute atomic E-state index is 14.7. The first-order valence-electron chi connectivity index (χ1n) is 10.6. The zero-order valence-corrected chi connectivity index (χ0v) is 17.9. The van der Waals surface area contributed by atoms with Crippen LogP contribution in [0.15, 0.2) is 36.8 Å². The third-order valence-electron chi connectivity index (χ3n) is 5.44. The Balaban J connectivity index is 1.64. The number of benzene rings is 1. The molecule has 0 unspecified atom stereocenters. The summed E-state index contributed by atoms with van der Waals surface area (Å²) in [6, 6.07) is 4.25. The van der Waals surface area contributed by atoms with E-state index in [-0.39, 0.29) is 35.7 Å². The number of nitrogen functional groups attached to an aromatic ring is 1.